The summed E-state index contributed by atoms with van der Waals surface area (Å²) in [6.07, 6.45) is 1.57. The number of nitrogens with one attached hydrogen (secondary N) is 1. The Bertz CT molecular complexity index is 911. The van der Waals surface area contributed by atoms with E-state index in [4.69, 9.17) is 4.74 Å². The van der Waals surface area contributed by atoms with Crippen molar-refractivity contribution in [1.29, 1.82) is 0 Å². The number of benzene rings is 2. The topological polar surface area (TPSA) is 54.5 Å². The van der Waals surface area contributed by atoms with Crippen molar-refractivity contribution in [3.63, 3.8) is 0 Å². The van der Waals surface area contributed by atoms with Crippen LogP contribution in [-0.4, -0.2) is 43.0 Å². The Morgan fingerprint density at radius 3 is 2.65 bits per heavy atom. The molecular formula is C20H20FN3O2. The first-order chi connectivity index (χ1) is 12.5. The van der Waals surface area contributed by atoms with Crippen molar-refractivity contribution in [2.24, 2.45) is 0 Å². The zero-order chi connectivity index (χ0) is 18.5. The quantitative estimate of drug-likeness (QED) is 0.736. The molecular weight excluding hydrogens is 333 g/mol. The standard InChI is InChI=1S/C20H20FN3O2/c1-24(2)12-13-26-15-7-5-14(6-8-15)20(25)23-18-10-9-17(21)16-4-3-11-22-19(16)18/h3-11H,12-13H2,1-2H3,(H,23,25). The number of halogens is 1. The summed E-state index contributed by atoms with van der Waals surface area (Å²) < 4.78 is 19.5. The zero-order valence-corrected chi connectivity index (χ0v) is 14.7. The second kappa shape index (κ2) is 7.93. The largest absolute Gasteiger partial charge is 0.492 e. The maximum atomic E-state index is 13.9. The van der Waals surface area contributed by atoms with Crippen LogP contribution in [-0.2, 0) is 0 Å². The summed E-state index contributed by atoms with van der Waals surface area (Å²) >= 11 is 0. The van der Waals surface area contributed by atoms with E-state index in [1.807, 2.05) is 19.0 Å². The van der Waals surface area contributed by atoms with Crippen LogP contribution in [0.15, 0.2) is 54.7 Å². The van der Waals surface area contributed by atoms with Crippen LogP contribution in [0.2, 0.25) is 0 Å². The monoisotopic (exact) mass is 353 g/mol. The minimum atomic E-state index is -0.370. The van der Waals surface area contributed by atoms with E-state index in [0.717, 1.165) is 6.54 Å². The molecule has 0 aliphatic carbocycles. The van der Waals surface area contributed by atoms with Gasteiger partial charge >= 0.3 is 0 Å². The van der Waals surface area contributed by atoms with Crippen molar-refractivity contribution in [2.45, 2.75) is 0 Å². The number of anilines is 1. The van der Waals surface area contributed by atoms with Gasteiger partial charge in [0.25, 0.3) is 5.91 Å². The predicted molar refractivity (Wildman–Crippen MR) is 100 cm³/mol. The van der Waals surface area contributed by atoms with Crippen LogP contribution in [0.1, 0.15) is 10.4 Å². The molecule has 0 radical (unpaired) electrons. The SMILES string of the molecule is CN(C)CCOc1ccc(C(=O)Nc2ccc(F)c3cccnc23)cc1. The molecule has 1 heterocycles. The van der Waals surface area contributed by atoms with E-state index in [-0.39, 0.29) is 11.7 Å². The highest BCUT2D eigenvalue weighted by Crippen LogP contribution is 2.24. The van der Waals surface area contributed by atoms with Crippen molar-refractivity contribution in [3.8, 4) is 5.75 Å². The minimum absolute atomic E-state index is 0.289. The van der Waals surface area contributed by atoms with E-state index in [2.05, 4.69) is 10.3 Å². The average Bonchev–Trinajstić information content (AvgIpc) is 2.64. The Morgan fingerprint density at radius 1 is 1.15 bits per heavy atom. The molecule has 1 N–H and O–H groups in total. The molecule has 1 amide bonds. The molecule has 3 rings (SSSR count). The summed E-state index contributed by atoms with van der Waals surface area (Å²) in [6.45, 7) is 1.39. The molecule has 0 fully saturated rings. The van der Waals surface area contributed by atoms with Crippen molar-refractivity contribution in [1.82, 2.24) is 9.88 Å². The van der Waals surface area contributed by atoms with Crippen molar-refractivity contribution in [3.05, 3.63) is 66.1 Å². The fourth-order valence-corrected chi connectivity index (χ4v) is 2.48. The molecule has 26 heavy (non-hydrogen) atoms. The molecule has 0 atom stereocenters. The van der Waals surface area contributed by atoms with Gasteiger partial charge in [-0.25, -0.2) is 4.39 Å². The van der Waals surface area contributed by atoms with Gasteiger partial charge in [-0.3, -0.25) is 9.78 Å². The van der Waals surface area contributed by atoms with Gasteiger partial charge in [0.15, 0.2) is 0 Å². The van der Waals surface area contributed by atoms with Crippen LogP contribution in [0.4, 0.5) is 10.1 Å². The van der Waals surface area contributed by atoms with Crippen LogP contribution >= 0.6 is 0 Å². The van der Waals surface area contributed by atoms with E-state index in [1.165, 1.54) is 12.1 Å². The number of likely N-dealkylation sites (N-methyl/N-ethyl adjacent to an activating group) is 1. The molecule has 5 nitrogen and oxygen atoms in total. The van der Waals surface area contributed by atoms with Gasteiger partial charge in [0.2, 0.25) is 0 Å². The highest BCUT2D eigenvalue weighted by molar-refractivity contribution is 6.08. The molecule has 3 aromatic rings. The van der Waals surface area contributed by atoms with Gasteiger partial charge < -0.3 is 15.0 Å². The van der Waals surface area contributed by atoms with Gasteiger partial charge in [-0.05, 0) is 62.6 Å². The van der Waals surface area contributed by atoms with Gasteiger partial charge in [0.05, 0.1) is 11.2 Å². The second-order valence-corrected chi connectivity index (χ2v) is 6.12. The van der Waals surface area contributed by atoms with Crippen molar-refractivity contribution in [2.75, 3.05) is 32.6 Å². The number of carbonyl (C=O) groups excluding carboxylic acids is 1. The maximum Gasteiger partial charge on any atom is 0.255 e. The number of amides is 1. The Kier molecular flexibility index (Phi) is 5.43. The van der Waals surface area contributed by atoms with Gasteiger partial charge in [-0.1, -0.05) is 0 Å². The number of aromatic nitrogens is 1. The normalized spacial score (nSPS) is 10.9. The Morgan fingerprint density at radius 2 is 1.92 bits per heavy atom. The van der Waals surface area contributed by atoms with Crippen LogP contribution in [0.5, 0.6) is 5.75 Å². The molecule has 0 saturated heterocycles. The first-order valence-corrected chi connectivity index (χ1v) is 8.27. The van der Waals surface area contributed by atoms with Gasteiger partial charge in [0, 0.05) is 23.7 Å². The average molecular weight is 353 g/mol. The molecule has 6 heteroatoms. The third-order valence-corrected chi connectivity index (χ3v) is 3.89. The Balaban J connectivity index is 1.72. The molecule has 0 aliphatic rings. The number of carbonyl (C=O) groups is 1. The molecule has 0 bridgehead atoms. The van der Waals surface area contributed by atoms with E-state index in [9.17, 15) is 9.18 Å². The summed E-state index contributed by atoms with van der Waals surface area (Å²) in [7, 11) is 3.95. The zero-order valence-electron chi connectivity index (χ0n) is 14.7. The van der Waals surface area contributed by atoms with Gasteiger partial charge in [-0.15, -0.1) is 0 Å². The Hall–Kier alpha value is -2.99. The van der Waals surface area contributed by atoms with E-state index < -0.39 is 0 Å². The van der Waals surface area contributed by atoms with Crippen LogP contribution in [0.25, 0.3) is 10.9 Å². The number of nitrogens with zero attached hydrogens (tertiary/aromatic N) is 2. The summed E-state index contributed by atoms with van der Waals surface area (Å²) in [5.74, 6) is 0.0472. The van der Waals surface area contributed by atoms with Crippen LogP contribution < -0.4 is 10.1 Å². The summed E-state index contributed by atoms with van der Waals surface area (Å²) in [5.41, 5.74) is 1.38. The fraction of sp³-hybridized carbons (Fsp3) is 0.200. The van der Waals surface area contributed by atoms with Crippen LogP contribution in [0, 0.1) is 5.82 Å². The third-order valence-electron chi connectivity index (χ3n) is 3.89. The molecule has 134 valence electrons. The first kappa shape index (κ1) is 17.8. The lowest BCUT2D eigenvalue weighted by molar-refractivity contribution is 0.102. The number of ether oxygens (including phenoxy) is 1. The summed E-state index contributed by atoms with van der Waals surface area (Å²) in [4.78, 5) is 18.7. The summed E-state index contributed by atoms with van der Waals surface area (Å²) in [5, 5.41) is 3.16. The maximum absolute atomic E-state index is 13.9. The van der Waals surface area contributed by atoms with Crippen molar-refractivity contribution >= 4 is 22.5 Å². The molecule has 0 unspecified atom stereocenters. The van der Waals surface area contributed by atoms with E-state index >= 15 is 0 Å². The molecule has 0 spiro atoms. The predicted octanol–water partition coefficient (Wildman–Crippen LogP) is 3.57. The highest BCUT2D eigenvalue weighted by atomic mass is 19.1. The van der Waals surface area contributed by atoms with E-state index in [1.54, 1.807) is 42.6 Å². The van der Waals surface area contributed by atoms with E-state index in [0.29, 0.717) is 34.5 Å². The number of hydrogen-bond acceptors (Lipinski definition) is 4. The number of hydrogen-bond donors (Lipinski definition) is 1. The minimum Gasteiger partial charge on any atom is -0.492 e. The molecule has 1 aromatic heterocycles. The lowest BCUT2D eigenvalue weighted by atomic mass is 10.1. The second-order valence-electron chi connectivity index (χ2n) is 6.12. The molecule has 0 aliphatic heterocycles. The Labute approximate surface area is 151 Å². The number of fused-ring (bicyclic) bond motifs is 1. The molecule has 2 aromatic carbocycles. The van der Waals surface area contributed by atoms with Crippen LogP contribution in [0.3, 0.4) is 0 Å². The smallest absolute Gasteiger partial charge is 0.255 e. The van der Waals surface area contributed by atoms with Gasteiger partial charge in [0.1, 0.15) is 18.2 Å². The first-order valence-electron chi connectivity index (χ1n) is 8.27. The highest BCUT2D eigenvalue weighted by Gasteiger charge is 2.11. The lowest BCUT2D eigenvalue weighted by Gasteiger charge is -2.11. The van der Waals surface area contributed by atoms with Crippen molar-refractivity contribution < 1.29 is 13.9 Å². The summed E-state index contributed by atoms with van der Waals surface area (Å²) in [6, 6.07) is 13.0. The number of pyridine rings is 1. The lowest BCUT2D eigenvalue weighted by Crippen LogP contribution is -2.19. The third kappa shape index (κ3) is 4.15. The fourth-order valence-electron chi connectivity index (χ4n) is 2.48. The molecule has 0 saturated carbocycles. The number of rotatable bonds is 6. The van der Waals surface area contributed by atoms with Gasteiger partial charge in [-0.2, -0.15) is 0 Å².